The Hall–Kier alpha value is -2.75. The van der Waals surface area contributed by atoms with Gasteiger partial charge in [0.25, 0.3) is 0 Å². The highest BCUT2D eigenvalue weighted by atomic mass is 16.5. The number of esters is 1. The first-order chi connectivity index (χ1) is 11.1. The first kappa shape index (κ1) is 16.6. The maximum atomic E-state index is 11.8. The molecule has 0 unspecified atom stereocenters. The standard InChI is InChI=1S/C19H22N2O2/c1-3-21-17-11-9-16(14(2)19(17)20)10-12-18(22)23-13-15-7-5-4-6-8-15/h4-12,21H,3,13,20H2,1-2H3/b12-10+. The normalized spacial score (nSPS) is 10.7. The van der Waals surface area contributed by atoms with Crippen LogP contribution in [0.15, 0.2) is 48.5 Å². The Morgan fingerprint density at radius 3 is 2.65 bits per heavy atom. The molecule has 2 rings (SSSR count). The average molecular weight is 310 g/mol. The number of anilines is 2. The molecule has 0 aliphatic rings. The molecule has 0 heterocycles. The SMILES string of the molecule is CCNc1ccc(/C=C/C(=O)OCc2ccccc2)c(C)c1N. The van der Waals surface area contributed by atoms with Gasteiger partial charge in [-0.25, -0.2) is 4.79 Å². The lowest BCUT2D eigenvalue weighted by molar-refractivity contribution is -0.138. The van der Waals surface area contributed by atoms with E-state index in [4.69, 9.17) is 10.5 Å². The van der Waals surface area contributed by atoms with E-state index in [0.717, 1.165) is 28.9 Å². The summed E-state index contributed by atoms with van der Waals surface area (Å²) in [5.74, 6) is -0.373. The molecule has 2 aromatic rings. The van der Waals surface area contributed by atoms with Crippen LogP contribution in [0.5, 0.6) is 0 Å². The zero-order valence-corrected chi connectivity index (χ0v) is 13.5. The van der Waals surface area contributed by atoms with E-state index in [1.165, 1.54) is 6.08 Å². The fourth-order valence-electron chi connectivity index (χ4n) is 2.21. The third kappa shape index (κ3) is 4.61. The molecule has 0 saturated heterocycles. The van der Waals surface area contributed by atoms with Gasteiger partial charge in [-0.2, -0.15) is 0 Å². The van der Waals surface area contributed by atoms with Crippen LogP contribution in [0.25, 0.3) is 6.08 Å². The van der Waals surface area contributed by atoms with Crippen LogP contribution in [-0.2, 0) is 16.1 Å². The number of rotatable bonds is 6. The van der Waals surface area contributed by atoms with Gasteiger partial charge in [0.05, 0.1) is 11.4 Å². The third-order valence-corrected chi connectivity index (χ3v) is 3.55. The van der Waals surface area contributed by atoms with Crippen molar-refractivity contribution >= 4 is 23.4 Å². The van der Waals surface area contributed by atoms with Gasteiger partial charge in [0.1, 0.15) is 6.61 Å². The summed E-state index contributed by atoms with van der Waals surface area (Å²) >= 11 is 0. The van der Waals surface area contributed by atoms with Gasteiger partial charge in [0, 0.05) is 12.6 Å². The molecule has 0 fully saturated rings. The predicted molar refractivity (Wildman–Crippen MR) is 95.0 cm³/mol. The van der Waals surface area contributed by atoms with Gasteiger partial charge in [0.15, 0.2) is 0 Å². The Morgan fingerprint density at radius 1 is 1.22 bits per heavy atom. The maximum Gasteiger partial charge on any atom is 0.331 e. The lowest BCUT2D eigenvalue weighted by Crippen LogP contribution is -2.03. The second kappa shape index (κ2) is 8.03. The van der Waals surface area contributed by atoms with Crippen molar-refractivity contribution < 1.29 is 9.53 Å². The van der Waals surface area contributed by atoms with E-state index in [1.807, 2.05) is 56.3 Å². The number of nitrogens with two attached hydrogens (primary N) is 1. The summed E-state index contributed by atoms with van der Waals surface area (Å²) < 4.78 is 5.21. The first-order valence-corrected chi connectivity index (χ1v) is 7.63. The number of nitrogen functional groups attached to an aromatic ring is 1. The molecular weight excluding hydrogens is 288 g/mol. The topological polar surface area (TPSA) is 64.3 Å². The molecule has 4 heteroatoms. The second-order valence-corrected chi connectivity index (χ2v) is 5.20. The lowest BCUT2D eigenvalue weighted by Gasteiger charge is -2.11. The zero-order valence-electron chi connectivity index (χ0n) is 13.5. The predicted octanol–water partition coefficient (Wildman–Crippen LogP) is 3.77. The van der Waals surface area contributed by atoms with E-state index in [9.17, 15) is 4.79 Å². The Labute approximate surface area is 137 Å². The van der Waals surface area contributed by atoms with Crippen LogP contribution >= 0.6 is 0 Å². The van der Waals surface area contributed by atoms with Crippen LogP contribution in [0.1, 0.15) is 23.6 Å². The first-order valence-electron chi connectivity index (χ1n) is 7.63. The Kier molecular flexibility index (Phi) is 5.80. The van der Waals surface area contributed by atoms with Crippen molar-refractivity contribution in [2.75, 3.05) is 17.6 Å². The zero-order chi connectivity index (χ0) is 16.7. The van der Waals surface area contributed by atoms with Gasteiger partial charge in [0.2, 0.25) is 0 Å². The molecule has 2 aromatic carbocycles. The van der Waals surface area contributed by atoms with Crippen molar-refractivity contribution in [3.8, 4) is 0 Å². The molecule has 0 radical (unpaired) electrons. The van der Waals surface area contributed by atoms with E-state index in [2.05, 4.69) is 5.32 Å². The largest absolute Gasteiger partial charge is 0.458 e. The minimum Gasteiger partial charge on any atom is -0.458 e. The number of carbonyl (C=O) groups excluding carboxylic acids is 1. The van der Waals surface area contributed by atoms with Crippen LogP contribution in [0.4, 0.5) is 11.4 Å². The number of benzene rings is 2. The van der Waals surface area contributed by atoms with E-state index >= 15 is 0 Å². The quantitative estimate of drug-likeness (QED) is 0.484. The van der Waals surface area contributed by atoms with Crippen molar-refractivity contribution in [2.45, 2.75) is 20.5 Å². The van der Waals surface area contributed by atoms with Crippen LogP contribution in [-0.4, -0.2) is 12.5 Å². The van der Waals surface area contributed by atoms with Crippen LogP contribution in [0, 0.1) is 6.92 Å². The fourth-order valence-corrected chi connectivity index (χ4v) is 2.21. The van der Waals surface area contributed by atoms with E-state index < -0.39 is 0 Å². The van der Waals surface area contributed by atoms with Gasteiger partial charge < -0.3 is 15.8 Å². The molecule has 0 aliphatic heterocycles. The molecule has 0 atom stereocenters. The van der Waals surface area contributed by atoms with Crippen molar-refractivity contribution in [1.29, 1.82) is 0 Å². The molecule has 0 aromatic heterocycles. The molecule has 0 saturated carbocycles. The highest BCUT2D eigenvalue weighted by Crippen LogP contribution is 2.26. The van der Waals surface area contributed by atoms with Crippen LogP contribution in [0.3, 0.4) is 0 Å². The summed E-state index contributed by atoms with van der Waals surface area (Å²) in [4.78, 5) is 11.8. The highest BCUT2D eigenvalue weighted by molar-refractivity contribution is 5.88. The number of ether oxygens (including phenoxy) is 1. The monoisotopic (exact) mass is 310 g/mol. The summed E-state index contributed by atoms with van der Waals surface area (Å²) in [6, 6.07) is 13.4. The van der Waals surface area contributed by atoms with Gasteiger partial charge >= 0.3 is 5.97 Å². The molecule has 0 spiro atoms. The van der Waals surface area contributed by atoms with E-state index in [1.54, 1.807) is 6.08 Å². The number of nitrogens with one attached hydrogen (secondary N) is 1. The molecule has 4 nitrogen and oxygen atoms in total. The van der Waals surface area contributed by atoms with E-state index in [-0.39, 0.29) is 12.6 Å². The van der Waals surface area contributed by atoms with E-state index in [0.29, 0.717) is 5.69 Å². The van der Waals surface area contributed by atoms with Crippen molar-refractivity contribution in [3.05, 3.63) is 65.2 Å². The number of hydrogen-bond acceptors (Lipinski definition) is 4. The molecular formula is C19H22N2O2. The molecule has 120 valence electrons. The summed E-state index contributed by atoms with van der Waals surface area (Å²) in [6.07, 6.45) is 3.16. The second-order valence-electron chi connectivity index (χ2n) is 5.20. The maximum absolute atomic E-state index is 11.8. The molecule has 0 aliphatic carbocycles. The average Bonchev–Trinajstić information content (AvgIpc) is 2.57. The molecule has 0 amide bonds. The van der Waals surface area contributed by atoms with Gasteiger partial charge in [-0.05, 0) is 42.7 Å². The van der Waals surface area contributed by atoms with Crippen molar-refractivity contribution in [2.24, 2.45) is 0 Å². The fraction of sp³-hybridized carbons (Fsp3) is 0.211. The summed E-state index contributed by atoms with van der Waals surface area (Å²) in [5, 5.41) is 3.21. The number of carbonyl (C=O) groups is 1. The lowest BCUT2D eigenvalue weighted by atomic mass is 10.0. The van der Waals surface area contributed by atoms with Crippen molar-refractivity contribution in [1.82, 2.24) is 0 Å². The smallest absolute Gasteiger partial charge is 0.331 e. The van der Waals surface area contributed by atoms with Crippen molar-refractivity contribution in [3.63, 3.8) is 0 Å². The minimum atomic E-state index is -0.373. The Bertz CT molecular complexity index is 694. The van der Waals surface area contributed by atoms with Crippen LogP contribution in [0.2, 0.25) is 0 Å². The Balaban J connectivity index is 1.99. The molecule has 23 heavy (non-hydrogen) atoms. The van der Waals surface area contributed by atoms with Gasteiger partial charge in [-0.1, -0.05) is 36.4 Å². The minimum absolute atomic E-state index is 0.268. The highest BCUT2D eigenvalue weighted by Gasteiger charge is 2.05. The van der Waals surface area contributed by atoms with Gasteiger partial charge in [-0.3, -0.25) is 0 Å². The van der Waals surface area contributed by atoms with Crippen LogP contribution < -0.4 is 11.1 Å². The molecule has 0 bridgehead atoms. The third-order valence-electron chi connectivity index (χ3n) is 3.55. The summed E-state index contributed by atoms with van der Waals surface area (Å²) in [5.41, 5.74) is 10.5. The molecule has 3 N–H and O–H groups in total. The number of hydrogen-bond donors (Lipinski definition) is 2. The summed E-state index contributed by atoms with van der Waals surface area (Å²) in [6.45, 7) is 5.03. The van der Waals surface area contributed by atoms with Gasteiger partial charge in [-0.15, -0.1) is 0 Å². The summed E-state index contributed by atoms with van der Waals surface area (Å²) in [7, 11) is 0. The Morgan fingerprint density at radius 2 is 1.96 bits per heavy atom.